The van der Waals surface area contributed by atoms with E-state index in [0.29, 0.717) is 12.8 Å². The van der Waals surface area contributed by atoms with Crippen molar-refractivity contribution >= 4 is 11.9 Å². The van der Waals surface area contributed by atoms with E-state index < -0.39 is 6.10 Å². The molecule has 0 heterocycles. The molecule has 0 spiro atoms. The maximum atomic E-state index is 12.3. The lowest BCUT2D eigenvalue weighted by Crippen LogP contribution is -2.28. The second-order valence-corrected chi connectivity index (χ2v) is 20.4. The molecule has 0 amide bonds. The standard InChI is InChI=1S/C62H116O5/c1-3-5-7-9-11-13-15-17-19-21-23-25-27-28-29-30-31-32-33-34-35-37-39-41-43-45-47-49-51-53-55-57-62(65)67-60(58-63)59-66-61(64)56-54-52-50-48-46-44-42-40-38-36-26-24-22-20-18-16-14-12-10-8-6-4-2/h15,17,21,23,27-28,60,63H,3-14,16,18-20,22,24-26,29-59H2,1-2H3/b17-15-,23-21-,28-27-. The Bertz CT molecular complexity index is 1060. The zero-order valence-electron chi connectivity index (χ0n) is 45.2. The van der Waals surface area contributed by atoms with Crippen LogP contribution in [-0.4, -0.2) is 36.4 Å². The second kappa shape index (κ2) is 58.4. The summed E-state index contributed by atoms with van der Waals surface area (Å²) in [6.45, 7) is 4.18. The van der Waals surface area contributed by atoms with Gasteiger partial charge >= 0.3 is 11.9 Å². The average Bonchev–Trinajstić information content (AvgIpc) is 3.33. The van der Waals surface area contributed by atoms with Crippen molar-refractivity contribution in [1.82, 2.24) is 0 Å². The fourth-order valence-electron chi connectivity index (χ4n) is 9.15. The monoisotopic (exact) mass is 941 g/mol. The Morgan fingerprint density at radius 2 is 0.597 bits per heavy atom. The van der Waals surface area contributed by atoms with Crippen LogP contribution >= 0.6 is 0 Å². The molecule has 1 N–H and O–H groups in total. The predicted molar refractivity (Wildman–Crippen MR) is 293 cm³/mol. The van der Waals surface area contributed by atoms with Gasteiger partial charge in [-0.2, -0.15) is 0 Å². The van der Waals surface area contributed by atoms with Gasteiger partial charge in [-0.25, -0.2) is 0 Å². The molecular formula is C62H116O5. The molecule has 0 radical (unpaired) electrons. The Morgan fingerprint density at radius 3 is 0.896 bits per heavy atom. The van der Waals surface area contributed by atoms with Gasteiger partial charge in [0, 0.05) is 12.8 Å². The van der Waals surface area contributed by atoms with Crippen LogP contribution in [0.25, 0.3) is 0 Å². The fourth-order valence-corrected chi connectivity index (χ4v) is 9.15. The summed E-state index contributed by atoms with van der Waals surface area (Å²) in [5.41, 5.74) is 0. The maximum Gasteiger partial charge on any atom is 0.306 e. The molecule has 0 rings (SSSR count). The van der Waals surface area contributed by atoms with Crippen LogP contribution in [0.2, 0.25) is 0 Å². The highest BCUT2D eigenvalue weighted by Gasteiger charge is 2.16. The highest BCUT2D eigenvalue weighted by molar-refractivity contribution is 5.70. The van der Waals surface area contributed by atoms with E-state index in [2.05, 4.69) is 50.3 Å². The summed E-state index contributed by atoms with van der Waals surface area (Å²) in [7, 11) is 0. The molecule has 0 aromatic heterocycles. The number of rotatable bonds is 56. The molecule has 5 nitrogen and oxygen atoms in total. The molecule has 0 fully saturated rings. The maximum absolute atomic E-state index is 12.3. The first-order chi connectivity index (χ1) is 33.1. The van der Waals surface area contributed by atoms with Crippen molar-refractivity contribution in [2.45, 2.75) is 335 Å². The number of aliphatic hydroxyl groups is 1. The van der Waals surface area contributed by atoms with E-state index in [0.717, 1.165) is 44.9 Å². The summed E-state index contributed by atoms with van der Waals surface area (Å²) in [6, 6.07) is 0. The highest BCUT2D eigenvalue weighted by atomic mass is 16.6. The van der Waals surface area contributed by atoms with Gasteiger partial charge in [0.05, 0.1) is 6.61 Å². The minimum Gasteiger partial charge on any atom is -0.462 e. The van der Waals surface area contributed by atoms with Gasteiger partial charge in [0.2, 0.25) is 0 Å². The van der Waals surface area contributed by atoms with Crippen molar-refractivity contribution < 1.29 is 24.2 Å². The number of hydrogen-bond donors (Lipinski definition) is 1. The van der Waals surface area contributed by atoms with E-state index in [-0.39, 0.29) is 25.2 Å². The van der Waals surface area contributed by atoms with Gasteiger partial charge < -0.3 is 14.6 Å². The van der Waals surface area contributed by atoms with Crippen LogP contribution in [-0.2, 0) is 19.1 Å². The molecule has 0 aliphatic rings. The Hall–Kier alpha value is -1.88. The third-order valence-electron chi connectivity index (χ3n) is 13.7. The van der Waals surface area contributed by atoms with E-state index in [4.69, 9.17) is 9.47 Å². The zero-order chi connectivity index (χ0) is 48.5. The van der Waals surface area contributed by atoms with Crippen molar-refractivity contribution in [2.75, 3.05) is 13.2 Å². The van der Waals surface area contributed by atoms with Crippen LogP contribution in [0.1, 0.15) is 328 Å². The van der Waals surface area contributed by atoms with E-state index in [1.165, 1.54) is 257 Å². The molecule has 5 heteroatoms. The molecule has 0 aromatic carbocycles. The lowest BCUT2D eigenvalue weighted by atomic mass is 10.0. The summed E-state index contributed by atoms with van der Waals surface area (Å²) >= 11 is 0. The molecule has 0 saturated carbocycles. The summed E-state index contributed by atoms with van der Waals surface area (Å²) in [4.78, 5) is 24.5. The van der Waals surface area contributed by atoms with Gasteiger partial charge in [-0.3, -0.25) is 9.59 Å². The van der Waals surface area contributed by atoms with Crippen LogP contribution in [0.15, 0.2) is 36.5 Å². The van der Waals surface area contributed by atoms with Gasteiger partial charge in [0.15, 0.2) is 6.10 Å². The number of esters is 2. The van der Waals surface area contributed by atoms with Crippen LogP contribution in [0.5, 0.6) is 0 Å². The van der Waals surface area contributed by atoms with Crippen LogP contribution in [0, 0.1) is 0 Å². The molecule has 1 atom stereocenters. The third kappa shape index (κ3) is 56.6. The number of aliphatic hydroxyl groups excluding tert-OH is 1. The van der Waals surface area contributed by atoms with Crippen LogP contribution in [0.3, 0.4) is 0 Å². The summed E-state index contributed by atoms with van der Waals surface area (Å²) in [5.74, 6) is -0.571. The molecule has 0 saturated heterocycles. The van der Waals surface area contributed by atoms with Gasteiger partial charge in [-0.05, 0) is 51.4 Å². The lowest BCUT2D eigenvalue weighted by molar-refractivity contribution is -0.161. The van der Waals surface area contributed by atoms with Gasteiger partial charge in [-0.15, -0.1) is 0 Å². The Labute approximate surface area is 418 Å². The van der Waals surface area contributed by atoms with Crippen molar-refractivity contribution in [2.24, 2.45) is 0 Å². The van der Waals surface area contributed by atoms with Gasteiger partial charge in [-0.1, -0.05) is 301 Å². The Kier molecular flexibility index (Phi) is 56.8. The largest absolute Gasteiger partial charge is 0.462 e. The van der Waals surface area contributed by atoms with Crippen molar-refractivity contribution in [3.63, 3.8) is 0 Å². The average molecular weight is 942 g/mol. The number of hydrogen-bond acceptors (Lipinski definition) is 5. The first-order valence-electron chi connectivity index (χ1n) is 30.0. The summed E-state index contributed by atoms with van der Waals surface area (Å²) in [6.07, 6.45) is 75.6. The minimum atomic E-state index is -0.769. The number of allylic oxidation sites excluding steroid dienone is 6. The molecule has 1 unspecified atom stereocenters. The predicted octanol–water partition coefficient (Wildman–Crippen LogP) is 20.3. The molecule has 0 aromatic rings. The lowest BCUT2D eigenvalue weighted by Gasteiger charge is -2.15. The smallest absolute Gasteiger partial charge is 0.306 e. The molecule has 394 valence electrons. The molecular weight excluding hydrogens is 825 g/mol. The quantitative estimate of drug-likeness (QED) is 0.0374. The van der Waals surface area contributed by atoms with Crippen LogP contribution in [0.4, 0.5) is 0 Å². The normalized spacial score (nSPS) is 12.3. The number of ether oxygens (including phenoxy) is 2. The van der Waals surface area contributed by atoms with E-state index in [1.807, 2.05) is 0 Å². The van der Waals surface area contributed by atoms with Gasteiger partial charge in [0.1, 0.15) is 6.61 Å². The number of carbonyl (C=O) groups is 2. The highest BCUT2D eigenvalue weighted by Crippen LogP contribution is 2.18. The SMILES string of the molecule is CCCCCCC/C=C\C/C=C\C/C=C\CCCCCCCCCCCCCCCCCCC(=O)OC(CO)COC(=O)CCCCCCCCCCCCCCCCCCCCCCCC. The van der Waals surface area contributed by atoms with E-state index >= 15 is 0 Å². The number of carbonyl (C=O) groups excluding carboxylic acids is 2. The fraction of sp³-hybridized carbons (Fsp3) is 0.871. The Balaban J connectivity index is 3.43. The summed E-state index contributed by atoms with van der Waals surface area (Å²) in [5, 5.41) is 9.66. The first kappa shape index (κ1) is 65.1. The first-order valence-corrected chi connectivity index (χ1v) is 30.0. The summed E-state index contributed by atoms with van der Waals surface area (Å²) < 4.78 is 10.7. The van der Waals surface area contributed by atoms with Crippen molar-refractivity contribution in [3.05, 3.63) is 36.5 Å². The Morgan fingerprint density at radius 1 is 0.343 bits per heavy atom. The van der Waals surface area contributed by atoms with Crippen molar-refractivity contribution in [1.29, 1.82) is 0 Å². The van der Waals surface area contributed by atoms with Gasteiger partial charge in [0.25, 0.3) is 0 Å². The molecule has 0 aliphatic carbocycles. The zero-order valence-corrected chi connectivity index (χ0v) is 45.2. The third-order valence-corrected chi connectivity index (χ3v) is 13.7. The topological polar surface area (TPSA) is 72.8 Å². The molecule has 67 heavy (non-hydrogen) atoms. The minimum absolute atomic E-state index is 0.0599. The molecule has 0 bridgehead atoms. The number of unbranched alkanes of at least 4 members (excludes halogenated alkanes) is 42. The van der Waals surface area contributed by atoms with E-state index in [1.54, 1.807) is 0 Å². The van der Waals surface area contributed by atoms with Crippen LogP contribution < -0.4 is 0 Å². The second-order valence-electron chi connectivity index (χ2n) is 20.4. The van der Waals surface area contributed by atoms with Crippen molar-refractivity contribution in [3.8, 4) is 0 Å². The van der Waals surface area contributed by atoms with E-state index in [9.17, 15) is 14.7 Å². The molecule has 0 aliphatic heterocycles.